The van der Waals surface area contributed by atoms with E-state index in [2.05, 4.69) is 37.9 Å². The van der Waals surface area contributed by atoms with Gasteiger partial charge in [0.2, 0.25) is 0 Å². The molecule has 0 saturated heterocycles. The molecular weight excluding hydrogens is 262 g/mol. The maximum absolute atomic E-state index is 12.3. The smallest absolute Gasteiger partial charge is 0.251 e. The van der Waals surface area contributed by atoms with Gasteiger partial charge in [-0.2, -0.15) is 0 Å². The lowest BCUT2D eigenvalue weighted by atomic mass is 10.0. The normalized spacial score (nSPS) is 11.7. The van der Waals surface area contributed by atoms with Gasteiger partial charge in [0.05, 0.1) is 6.61 Å². The molecule has 0 aliphatic rings. The van der Waals surface area contributed by atoms with E-state index in [9.17, 15) is 4.79 Å². The van der Waals surface area contributed by atoms with E-state index in [1.54, 1.807) is 6.07 Å². The van der Waals surface area contributed by atoms with Crippen molar-refractivity contribution >= 4 is 5.91 Å². The van der Waals surface area contributed by atoms with Crippen molar-refractivity contribution in [1.29, 1.82) is 0 Å². The predicted molar refractivity (Wildman–Crippen MR) is 86.1 cm³/mol. The van der Waals surface area contributed by atoms with Gasteiger partial charge in [0.1, 0.15) is 0 Å². The lowest BCUT2D eigenvalue weighted by molar-refractivity contribution is 0.0924. The highest BCUT2D eigenvalue weighted by molar-refractivity contribution is 5.94. The number of carbonyl (C=O) groups is 1. The van der Waals surface area contributed by atoms with Crippen LogP contribution in [0, 0.1) is 24.7 Å². The molecule has 1 aromatic rings. The van der Waals surface area contributed by atoms with Crippen LogP contribution in [0.2, 0.25) is 0 Å². The number of aryl methyl sites for hydroxylation is 1. The van der Waals surface area contributed by atoms with Crippen molar-refractivity contribution in [2.24, 2.45) is 5.92 Å². The Morgan fingerprint density at radius 1 is 1.38 bits per heavy atom. The van der Waals surface area contributed by atoms with Gasteiger partial charge in [0.15, 0.2) is 0 Å². The Morgan fingerprint density at radius 3 is 2.62 bits per heavy atom. The summed E-state index contributed by atoms with van der Waals surface area (Å²) >= 11 is 0. The van der Waals surface area contributed by atoms with E-state index in [4.69, 9.17) is 5.11 Å². The second-order valence-electron chi connectivity index (χ2n) is 5.54. The average molecular weight is 287 g/mol. The zero-order valence-electron chi connectivity index (χ0n) is 13.4. The monoisotopic (exact) mass is 287 g/mol. The Labute approximate surface area is 127 Å². The van der Waals surface area contributed by atoms with Crippen LogP contribution in [0.4, 0.5) is 0 Å². The van der Waals surface area contributed by atoms with Crippen LogP contribution in [-0.4, -0.2) is 23.7 Å². The third-order valence-corrected chi connectivity index (χ3v) is 3.51. The second kappa shape index (κ2) is 8.49. The molecule has 1 aromatic carbocycles. The van der Waals surface area contributed by atoms with Crippen LogP contribution < -0.4 is 5.32 Å². The van der Waals surface area contributed by atoms with Crippen LogP contribution in [0.5, 0.6) is 0 Å². The number of aliphatic hydroxyl groups is 1. The Morgan fingerprint density at radius 2 is 2.10 bits per heavy atom. The quantitative estimate of drug-likeness (QED) is 0.818. The van der Waals surface area contributed by atoms with Gasteiger partial charge in [-0.25, -0.2) is 0 Å². The van der Waals surface area contributed by atoms with Crippen LogP contribution >= 0.6 is 0 Å². The molecule has 3 heteroatoms. The van der Waals surface area contributed by atoms with Gasteiger partial charge in [-0.15, -0.1) is 0 Å². The first kappa shape index (κ1) is 17.3. The fourth-order valence-electron chi connectivity index (χ4n) is 2.15. The minimum Gasteiger partial charge on any atom is -0.395 e. The summed E-state index contributed by atoms with van der Waals surface area (Å²) in [5, 5.41) is 11.8. The van der Waals surface area contributed by atoms with E-state index in [0.717, 1.165) is 17.5 Å². The molecule has 0 aliphatic heterocycles. The zero-order valence-corrected chi connectivity index (χ0v) is 13.4. The molecule has 0 fully saturated rings. The second-order valence-corrected chi connectivity index (χ2v) is 5.54. The molecule has 1 rings (SSSR count). The number of rotatable bonds is 5. The molecule has 1 atom stereocenters. The van der Waals surface area contributed by atoms with E-state index >= 15 is 0 Å². The minimum atomic E-state index is -0.0338. The summed E-state index contributed by atoms with van der Waals surface area (Å²) < 4.78 is 0. The molecule has 0 heterocycles. The molecule has 0 aromatic heterocycles. The molecule has 0 radical (unpaired) electrons. The molecule has 0 saturated carbocycles. The van der Waals surface area contributed by atoms with Gasteiger partial charge >= 0.3 is 0 Å². The van der Waals surface area contributed by atoms with Crippen molar-refractivity contribution in [3.8, 4) is 11.8 Å². The van der Waals surface area contributed by atoms with E-state index in [-0.39, 0.29) is 18.6 Å². The molecule has 0 bridgehead atoms. The van der Waals surface area contributed by atoms with Crippen molar-refractivity contribution in [2.75, 3.05) is 6.61 Å². The van der Waals surface area contributed by atoms with Crippen molar-refractivity contribution in [2.45, 2.75) is 46.6 Å². The first-order valence-electron chi connectivity index (χ1n) is 7.50. The van der Waals surface area contributed by atoms with E-state index < -0.39 is 0 Å². The van der Waals surface area contributed by atoms with Crippen LogP contribution in [0.3, 0.4) is 0 Å². The number of hydrogen-bond acceptors (Lipinski definition) is 2. The SMILES string of the molecule is CCC(NC(=O)c1ccc(C#CCCO)c(C)c1)C(C)C. The van der Waals surface area contributed by atoms with Crippen molar-refractivity contribution in [1.82, 2.24) is 5.32 Å². The summed E-state index contributed by atoms with van der Waals surface area (Å²) in [5.74, 6) is 6.29. The third kappa shape index (κ3) is 5.24. The number of benzene rings is 1. The number of aliphatic hydroxyl groups excluding tert-OH is 1. The highest BCUT2D eigenvalue weighted by atomic mass is 16.2. The maximum atomic E-state index is 12.3. The number of amides is 1. The molecule has 1 unspecified atom stereocenters. The summed E-state index contributed by atoms with van der Waals surface area (Å²) in [6, 6.07) is 5.73. The number of carbonyl (C=O) groups excluding carboxylic acids is 1. The van der Waals surface area contributed by atoms with Crippen LogP contribution in [0.1, 0.15) is 55.1 Å². The minimum absolute atomic E-state index is 0.0338. The molecule has 0 aliphatic carbocycles. The predicted octanol–water partition coefficient (Wildman–Crippen LogP) is 2.89. The van der Waals surface area contributed by atoms with Gasteiger partial charge in [0, 0.05) is 23.6 Å². The van der Waals surface area contributed by atoms with Gasteiger partial charge in [-0.1, -0.05) is 32.6 Å². The lowest BCUT2D eigenvalue weighted by Gasteiger charge is -2.20. The molecule has 2 N–H and O–H groups in total. The van der Waals surface area contributed by atoms with Gasteiger partial charge < -0.3 is 10.4 Å². The summed E-state index contributed by atoms with van der Waals surface area (Å²) in [6.45, 7) is 8.31. The Balaban J connectivity index is 2.84. The third-order valence-electron chi connectivity index (χ3n) is 3.51. The molecule has 3 nitrogen and oxygen atoms in total. The number of nitrogens with one attached hydrogen (secondary N) is 1. The largest absolute Gasteiger partial charge is 0.395 e. The fourth-order valence-corrected chi connectivity index (χ4v) is 2.15. The van der Waals surface area contributed by atoms with E-state index in [1.807, 2.05) is 19.1 Å². The number of hydrogen-bond donors (Lipinski definition) is 2. The summed E-state index contributed by atoms with van der Waals surface area (Å²) in [4.78, 5) is 12.3. The molecular formula is C18H25NO2. The molecule has 0 spiro atoms. The molecule has 1 amide bonds. The van der Waals surface area contributed by atoms with Crippen LogP contribution in [0.15, 0.2) is 18.2 Å². The Hall–Kier alpha value is -1.79. The van der Waals surface area contributed by atoms with Crippen molar-refractivity contribution in [3.63, 3.8) is 0 Å². The highest BCUT2D eigenvalue weighted by Crippen LogP contribution is 2.12. The van der Waals surface area contributed by atoms with Crippen LogP contribution in [0.25, 0.3) is 0 Å². The first-order chi connectivity index (χ1) is 9.99. The van der Waals surface area contributed by atoms with Gasteiger partial charge in [-0.3, -0.25) is 4.79 Å². The van der Waals surface area contributed by atoms with Gasteiger partial charge in [0.25, 0.3) is 5.91 Å². The topological polar surface area (TPSA) is 49.3 Å². The molecule has 21 heavy (non-hydrogen) atoms. The fraction of sp³-hybridized carbons (Fsp3) is 0.500. The highest BCUT2D eigenvalue weighted by Gasteiger charge is 2.15. The zero-order chi connectivity index (χ0) is 15.8. The Bertz CT molecular complexity index is 538. The lowest BCUT2D eigenvalue weighted by Crippen LogP contribution is -2.38. The standard InChI is InChI=1S/C18H25NO2/c1-5-17(13(2)3)19-18(21)16-10-9-15(14(4)12-16)8-6-7-11-20/h9-10,12-13,17,20H,5,7,11H2,1-4H3,(H,19,21). The average Bonchev–Trinajstić information content (AvgIpc) is 2.45. The summed E-state index contributed by atoms with van der Waals surface area (Å²) in [6.07, 6.45) is 1.39. The Kier molecular flexibility index (Phi) is 6.98. The van der Waals surface area contributed by atoms with Crippen LogP contribution in [-0.2, 0) is 0 Å². The van der Waals surface area contributed by atoms with E-state index in [0.29, 0.717) is 17.9 Å². The van der Waals surface area contributed by atoms with Crippen molar-refractivity contribution in [3.05, 3.63) is 34.9 Å². The van der Waals surface area contributed by atoms with E-state index in [1.165, 1.54) is 0 Å². The summed E-state index contributed by atoms with van der Waals surface area (Å²) in [7, 11) is 0. The van der Waals surface area contributed by atoms with Crippen molar-refractivity contribution < 1.29 is 9.90 Å². The summed E-state index contributed by atoms with van der Waals surface area (Å²) in [5.41, 5.74) is 2.54. The molecule has 114 valence electrons. The maximum Gasteiger partial charge on any atom is 0.251 e. The van der Waals surface area contributed by atoms with Gasteiger partial charge in [-0.05, 0) is 43.0 Å². The first-order valence-corrected chi connectivity index (χ1v) is 7.50.